The van der Waals surface area contributed by atoms with E-state index in [4.69, 9.17) is 4.74 Å². The van der Waals surface area contributed by atoms with Gasteiger partial charge in [-0.25, -0.2) is 0 Å². The predicted octanol–water partition coefficient (Wildman–Crippen LogP) is 3.59. The van der Waals surface area contributed by atoms with E-state index in [-0.39, 0.29) is 11.4 Å². The van der Waals surface area contributed by atoms with Gasteiger partial charge in [-0.05, 0) is 62.2 Å². The average Bonchev–Trinajstić information content (AvgIpc) is 2.51. The fourth-order valence-corrected chi connectivity index (χ4v) is 1.90. The normalized spacial score (nSPS) is 11.4. The standard InChI is InChI=1S/C19H22N2O2/c1-19(2,3)21-18(22)9-6-15-4-7-17(8-5-15)23-14-16-10-12-20-13-11-16/h4-13H,14H2,1-3H3,(H,21,22)/b9-6+. The molecule has 0 aliphatic rings. The number of nitrogens with one attached hydrogen (secondary N) is 1. The molecule has 0 fully saturated rings. The van der Waals surface area contributed by atoms with E-state index in [9.17, 15) is 4.79 Å². The summed E-state index contributed by atoms with van der Waals surface area (Å²) in [6.07, 6.45) is 6.82. The highest BCUT2D eigenvalue weighted by Gasteiger charge is 2.10. The minimum atomic E-state index is -0.230. The van der Waals surface area contributed by atoms with Gasteiger partial charge < -0.3 is 10.1 Å². The van der Waals surface area contributed by atoms with Crippen LogP contribution in [0.2, 0.25) is 0 Å². The summed E-state index contributed by atoms with van der Waals surface area (Å²) < 4.78 is 5.71. The summed E-state index contributed by atoms with van der Waals surface area (Å²) in [4.78, 5) is 15.7. The second kappa shape index (κ2) is 7.58. The van der Waals surface area contributed by atoms with Gasteiger partial charge in [0.25, 0.3) is 0 Å². The maximum Gasteiger partial charge on any atom is 0.244 e. The van der Waals surface area contributed by atoms with Gasteiger partial charge >= 0.3 is 0 Å². The minimum Gasteiger partial charge on any atom is -0.489 e. The van der Waals surface area contributed by atoms with Crippen molar-refractivity contribution in [2.45, 2.75) is 32.9 Å². The molecule has 2 aromatic rings. The number of pyridine rings is 1. The van der Waals surface area contributed by atoms with Gasteiger partial charge in [0.15, 0.2) is 0 Å². The van der Waals surface area contributed by atoms with Gasteiger partial charge in [0.05, 0.1) is 0 Å². The minimum absolute atomic E-state index is 0.101. The van der Waals surface area contributed by atoms with E-state index in [0.29, 0.717) is 6.61 Å². The summed E-state index contributed by atoms with van der Waals surface area (Å²) >= 11 is 0. The van der Waals surface area contributed by atoms with Crippen LogP contribution in [-0.2, 0) is 11.4 Å². The van der Waals surface area contributed by atoms with Crippen molar-refractivity contribution in [3.05, 3.63) is 66.0 Å². The van der Waals surface area contributed by atoms with E-state index in [0.717, 1.165) is 16.9 Å². The van der Waals surface area contributed by atoms with E-state index in [1.54, 1.807) is 18.5 Å². The first-order valence-electron chi connectivity index (χ1n) is 7.54. The monoisotopic (exact) mass is 310 g/mol. The Morgan fingerprint density at radius 1 is 1.13 bits per heavy atom. The molecule has 4 heteroatoms. The van der Waals surface area contributed by atoms with Gasteiger partial charge in [-0.15, -0.1) is 0 Å². The highest BCUT2D eigenvalue weighted by Crippen LogP contribution is 2.15. The Balaban J connectivity index is 1.88. The number of carbonyl (C=O) groups excluding carboxylic acids is 1. The first kappa shape index (κ1) is 16.7. The molecule has 0 aliphatic carbocycles. The summed E-state index contributed by atoms with van der Waals surface area (Å²) in [6, 6.07) is 11.5. The van der Waals surface area contributed by atoms with Crippen molar-refractivity contribution in [2.75, 3.05) is 0 Å². The third-order valence-electron chi connectivity index (χ3n) is 2.96. The van der Waals surface area contributed by atoms with E-state index >= 15 is 0 Å². The molecule has 1 heterocycles. The third kappa shape index (κ3) is 6.34. The van der Waals surface area contributed by atoms with Crippen molar-refractivity contribution < 1.29 is 9.53 Å². The Morgan fingerprint density at radius 2 is 1.78 bits per heavy atom. The fourth-order valence-electron chi connectivity index (χ4n) is 1.90. The molecule has 0 spiro atoms. The molecule has 0 saturated heterocycles. The van der Waals surface area contributed by atoms with Gasteiger partial charge in [0.2, 0.25) is 5.91 Å². The SMILES string of the molecule is CC(C)(C)NC(=O)/C=C/c1ccc(OCc2ccncc2)cc1. The molecule has 120 valence electrons. The smallest absolute Gasteiger partial charge is 0.244 e. The van der Waals surface area contributed by atoms with E-state index < -0.39 is 0 Å². The van der Waals surface area contributed by atoms with Crippen LogP contribution in [0.5, 0.6) is 5.75 Å². The van der Waals surface area contributed by atoms with Crippen molar-refractivity contribution >= 4 is 12.0 Å². The third-order valence-corrected chi connectivity index (χ3v) is 2.96. The van der Waals surface area contributed by atoms with E-state index in [1.165, 1.54) is 6.08 Å². The largest absolute Gasteiger partial charge is 0.489 e. The van der Waals surface area contributed by atoms with Crippen molar-refractivity contribution in [1.29, 1.82) is 0 Å². The van der Waals surface area contributed by atoms with Crippen LogP contribution in [0.15, 0.2) is 54.9 Å². The lowest BCUT2D eigenvalue weighted by Crippen LogP contribution is -2.39. The van der Waals surface area contributed by atoms with Crippen molar-refractivity contribution in [2.24, 2.45) is 0 Å². The number of benzene rings is 1. The van der Waals surface area contributed by atoms with Crippen LogP contribution < -0.4 is 10.1 Å². The zero-order chi connectivity index (χ0) is 16.7. The number of aromatic nitrogens is 1. The number of hydrogen-bond donors (Lipinski definition) is 1. The Bertz CT molecular complexity index is 656. The Hall–Kier alpha value is -2.62. The summed E-state index contributed by atoms with van der Waals surface area (Å²) in [5, 5.41) is 2.88. The van der Waals surface area contributed by atoms with Crippen LogP contribution >= 0.6 is 0 Å². The number of nitrogens with zero attached hydrogens (tertiary/aromatic N) is 1. The Labute approximate surface area is 137 Å². The first-order valence-corrected chi connectivity index (χ1v) is 7.54. The quantitative estimate of drug-likeness (QED) is 0.859. The molecule has 0 unspecified atom stereocenters. The zero-order valence-electron chi connectivity index (χ0n) is 13.7. The van der Waals surface area contributed by atoms with Crippen LogP contribution in [0.1, 0.15) is 31.9 Å². The van der Waals surface area contributed by atoms with Gasteiger partial charge in [-0.3, -0.25) is 9.78 Å². The van der Waals surface area contributed by atoms with Gasteiger partial charge in [-0.1, -0.05) is 12.1 Å². The molecule has 1 aromatic carbocycles. The molecule has 23 heavy (non-hydrogen) atoms. The molecule has 0 aliphatic heterocycles. The molecule has 1 aromatic heterocycles. The lowest BCUT2D eigenvalue weighted by molar-refractivity contribution is -0.117. The second-order valence-corrected chi connectivity index (χ2v) is 6.29. The zero-order valence-corrected chi connectivity index (χ0v) is 13.7. The molecule has 0 radical (unpaired) electrons. The molecule has 1 N–H and O–H groups in total. The van der Waals surface area contributed by atoms with Crippen LogP contribution in [0.4, 0.5) is 0 Å². The average molecular weight is 310 g/mol. The van der Waals surface area contributed by atoms with Crippen molar-refractivity contribution in [3.63, 3.8) is 0 Å². The topological polar surface area (TPSA) is 51.2 Å². The van der Waals surface area contributed by atoms with Gasteiger partial charge in [0.1, 0.15) is 12.4 Å². The fraction of sp³-hybridized carbons (Fsp3) is 0.263. The lowest BCUT2D eigenvalue weighted by atomic mass is 10.1. The maximum absolute atomic E-state index is 11.7. The lowest BCUT2D eigenvalue weighted by Gasteiger charge is -2.18. The molecular formula is C19H22N2O2. The molecule has 2 rings (SSSR count). The van der Waals surface area contributed by atoms with Gasteiger partial charge in [-0.2, -0.15) is 0 Å². The Morgan fingerprint density at radius 3 is 2.39 bits per heavy atom. The molecular weight excluding hydrogens is 288 g/mol. The number of amides is 1. The van der Waals surface area contributed by atoms with Crippen molar-refractivity contribution in [1.82, 2.24) is 10.3 Å². The van der Waals surface area contributed by atoms with Crippen LogP contribution in [0, 0.1) is 0 Å². The van der Waals surface area contributed by atoms with Crippen LogP contribution in [0.3, 0.4) is 0 Å². The van der Waals surface area contributed by atoms with E-state index in [2.05, 4.69) is 10.3 Å². The van der Waals surface area contributed by atoms with E-state index in [1.807, 2.05) is 57.2 Å². The highest BCUT2D eigenvalue weighted by molar-refractivity contribution is 5.92. The van der Waals surface area contributed by atoms with Crippen molar-refractivity contribution in [3.8, 4) is 5.75 Å². The number of hydrogen-bond acceptors (Lipinski definition) is 3. The van der Waals surface area contributed by atoms with Crippen LogP contribution in [0.25, 0.3) is 6.08 Å². The molecule has 0 bridgehead atoms. The maximum atomic E-state index is 11.7. The number of rotatable bonds is 5. The number of carbonyl (C=O) groups is 1. The Kier molecular flexibility index (Phi) is 5.52. The van der Waals surface area contributed by atoms with Gasteiger partial charge in [0, 0.05) is 24.0 Å². The summed E-state index contributed by atoms with van der Waals surface area (Å²) in [7, 11) is 0. The summed E-state index contributed by atoms with van der Waals surface area (Å²) in [6.45, 7) is 6.36. The number of ether oxygens (including phenoxy) is 1. The second-order valence-electron chi connectivity index (χ2n) is 6.29. The predicted molar refractivity (Wildman–Crippen MR) is 91.9 cm³/mol. The summed E-state index contributed by atoms with van der Waals surface area (Å²) in [5.41, 5.74) is 1.79. The highest BCUT2D eigenvalue weighted by atomic mass is 16.5. The molecule has 0 atom stereocenters. The molecule has 0 saturated carbocycles. The summed E-state index contributed by atoms with van der Waals surface area (Å²) in [5.74, 6) is 0.689. The molecule has 4 nitrogen and oxygen atoms in total. The first-order chi connectivity index (χ1) is 10.9. The molecule has 1 amide bonds. The van der Waals surface area contributed by atoms with Crippen LogP contribution in [-0.4, -0.2) is 16.4 Å².